The van der Waals surface area contributed by atoms with Crippen LogP contribution in [0.15, 0.2) is 23.6 Å². The van der Waals surface area contributed by atoms with E-state index in [2.05, 4.69) is 27.5 Å². The first-order valence-corrected chi connectivity index (χ1v) is 7.51. The maximum atomic E-state index is 11.8. The molecule has 1 amide bonds. The number of hydrogen-bond acceptors (Lipinski definition) is 5. The molecule has 0 aliphatic heterocycles. The minimum atomic E-state index is -0.125. The summed E-state index contributed by atoms with van der Waals surface area (Å²) in [6.07, 6.45) is 2.04. The standard InChI is InChI=1S/C14H18N4OS/c1-3-4-8-15-13(19)11-9-20-14(17-11)18-12-7-5-6-10(2)16-12/h5-7,9H,3-4,8H2,1-2H3,(H,15,19)(H,16,17,18). The fourth-order valence-corrected chi connectivity index (χ4v) is 2.32. The number of carbonyl (C=O) groups excluding carboxylic acids is 1. The van der Waals surface area contributed by atoms with Gasteiger partial charge in [-0.25, -0.2) is 9.97 Å². The van der Waals surface area contributed by atoms with Crippen LogP contribution in [-0.4, -0.2) is 22.4 Å². The van der Waals surface area contributed by atoms with E-state index in [4.69, 9.17) is 0 Å². The highest BCUT2D eigenvalue weighted by Gasteiger charge is 2.10. The van der Waals surface area contributed by atoms with Crippen molar-refractivity contribution in [3.05, 3.63) is 35.0 Å². The van der Waals surface area contributed by atoms with Crippen LogP contribution in [0.3, 0.4) is 0 Å². The molecule has 0 unspecified atom stereocenters. The Hall–Kier alpha value is -1.95. The van der Waals surface area contributed by atoms with Gasteiger partial charge in [-0.2, -0.15) is 0 Å². The number of rotatable bonds is 6. The summed E-state index contributed by atoms with van der Waals surface area (Å²) >= 11 is 1.39. The lowest BCUT2D eigenvalue weighted by molar-refractivity contribution is 0.0949. The van der Waals surface area contributed by atoms with Crippen LogP contribution in [0.5, 0.6) is 0 Å². The van der Waals surface area contributed by atoms with Gasteiger partial charge < -0.3 is 10.6 Å². The number of anilines is 2. The fraction of sp³-hybridized carbons (Fsp3) is 0.357. The molecule has 0 aromatic carbocycles. The van der Waals surface area contributed by atoms with Crippen molar-refractivity contribution < 1.29 is 4.79 Å². The predicted molar refractivity (Wildman–Crippen MR) is 81.6 cm³/mol. The molecular formula is C14H18N4OS. The van der Waals surface area contributed by atoms with Crippen molar-refractivity contribution in [2.75, 3.05) is 11.9 Å². The summed E-state index contributed by atoms with van der Waals surface area (Å²) in [5, 5.41) is 8.37. The SMILES string of the molecule is CCCCNC(=O)c1csc(Nc2cccc(C)n2)n1. The molecule has 2 aromatic rings. The molecule has 0 aliphatic rings. The van der Waals surface area contributed by atoms with Crippen molar-refractivity contribution in [2.45, 2.75) is 26.7 Å². The van der Waals surface area contributed by atoms with Gasteiger partial charge in [0.25, 0.3) is 5.91 Å². The Balaban J connectivity index is 1.96. The second-order valence-corrected chi connectivity index (χ2v) is 5.29. The summed E-state index contributed by atoms with van der Waals surface area (Å²) in [5.74, 6) is 0.609. The summed E-state index contributed by atoms with van der Waals surface area (Å²) in [5.41, 5.74) is 1.38. The number of thiazole rings is 1. The number of unbranched alkanes of at least 4 members (excludes halogenated alkanes) is 1. The Labute approximate surface area is 122 Å². The van der Waals surface area contributed by atoms with Gasteiger partial charge in [0, 0.05) is 17.6 Å². The number of hydrogen-bond donors (Lipinski definition) is 2. The number of aromatic nitrogens is 2. The molecule has 0 aliphatic carbocycles. The van der Waals surface area contributed by atoms with Crippen molar-refractivity contribution >= 4 is 28.2 Å². The molecule has 20 heavy (non-hydrogen) atoms. The molecule has 2 heterocycles. The highest BCUT2D eigenvalue weighted by molar-refractivity contribution is 7.14. The number of carbonyl (C=O) groups is 1. The maximum Gasteiger partial charge on any atom is 0.270 e. The molecule has 0 spiro atoms. The van der Waals surface area contributed by atoms with Crippen molar-refractivity contribution in [1.82, 2.24) is 15.3 Å². The van der Waals surface area contributed by atoms with Gasteiger partial charge in [0.15, 0.2) is 5.13 Å². The molecule has 0 atom stereocenters. The number of nitrogens with one attached hydrogen (secondary N) is 2. The van der Waals surface area contributed by atoms with Crippen LogP contribution in [0.4, 0.5) is 10.9 Å². The third kappa shape index (κ3) is 4.03. The molecule has 6 heteroatoms. The van der Waals surface area contributed by atoms with Crippen LogP contribution in [0, 0.1) is 6.92 Å². The van der Waals surface area contributed by atoms with Gasteiger partial charge in [-0.05, 0) is 25.5 Å². The number of aryl methyl sites for hydroxylation is 1. The number of pyridine rings is 1. The van der Waals surface area contributed by atoms with Crippen molar-refractivity contribution in [1.29, 1.82) is 0 Å². The van der Waals surface area contributed by atoms with E-state index in [-0.39, 0.29) is 5.91 Å². The van der Waals surface area contributed by atoms with Crippen LogP contribution in [0.2, 0.25) is 0 Å². The zero-order valence-corrected chi connectivity index (χ0v) is 12.5. The molecule has 2 N–H and O–H groups in total. The van der Waals surface area contributed by atoms with Gasteiger partial charge in [0.05, 0.1) is 0 Å². The van der Waals surface area contributed by atoms with E-state index in [1.54, 1.807) is 5.38 Å². The zero-order valence-electron chi connectivity index (χ0n) is 11.6. The van der Waals surface area contributed by atoms with Gasteiger partial charge >= 0.3 is 0 Å². The topological polar surface area (TPSA) is 66.9 Å². The van der Waals surface area contributed by atoms with Gasteiger partial charge in [-0.15, -0.1) is 11.3 Å². The van der Waals surface area contributed by atoms with E-state index >= 15 is 0 Å². The molecule has 0 saturated carbocycles. The van der Waals surface area contributed by atoms with Crippen molar-refractivity contribution in [3.63, 3.8) is 0 Å². The average molecular weight is 290 g/mol. The third-order valence-electron chi connectivity index (χ3n) is 2.68. The molecule has 2 rings (SSSR count). The van der Waals surface area contributed by atoms with Crippen LogP contribution < -0.4 is 10.6 Å². The lowest BCUT2D eigenvalue weighted by Crippen LogP contribution is -2.24. The van der Waals surface area contributed by atoms with Gasteiger partial charge in [-0.3, -0.25) is 4.79 Å². The van der Waals surface area contributed by atoms with Crippen LogP contribution in [0.25, 0.3) is 0 Å². The van der Waals surface area contributed by atoms with E-state index in [9.17, 15) is 4.79 Å². The van der Waals surface area contributed by atoms with Gasteiger partial charge in [0.1, 0.15) is 11.5 Å². The second kappa shape index (κ2) is 7.00. The third-order valence-corrected chi connectivity index (χ3v) is 3.43. The zero-order chi connectivity index (χ0) is 14.4. The largest absolute Gasteiger partial charge is 0.351 e. The number of nitrogens with zero attached hydrogens (tertiary/aromatic N) is 2. The van der Waals surface area contributed by atoms with Crippen molar-refractivity contribution in [3.8, 4) is 0 Å². The molecule has 0 fully saturated rings. The van der Waals surface area contributed by atoms with Crippen LogP contribution in [0.1, 0.15) is 35.9 Å². The molecule has 0 bridgehead atoms. The normalized spacial score (nSPS) is 10.3. The van der Waals surface area contributed by atoms with Crippen LogP contribution >= 0.6 is 11.3 Å². The molecular weight excluding hydrogens is 272 g/mol. The Morgan fingerprint density at radius 3 is 2.95 bits per heavy atom. The first-order chi connectivity index (χ1) is 9.69. The van der Waals surface area contributed by atoms with Gasteiger partial charge in [-0.1, -0.05) is 19.4 Å². The Morgan fingerprint density at radius 1 is 1.35 bits per heavy atom. The highest BCUT2D eigenvalue weighted by Crippen LogP contribution is 2.19. The monoisotopic (exact) mass is 290 g/mol. The molecule has 0 saturated heterocycles. The van der Waals surface area contributed by atoms with E-state index in [0.29, 0.717) is 17.4 Å². The summed E-state index contributed by atoms with van der Waals surface area (Å²) in [6, 6.07) is 5.73. The van der Waals surface area contributed by atoms with Gasteiger partial charge in [0.2, 0.25) is 0 Å². The Bertz CT molecular complexity index is 582. The highest BCUT2D eigenvalue weighted by atomic mass is 32.1. The molecule has 5 nitrogen and oxygen atoms in total. The first-order valence-electron chi connectivity index (χ1n) is 6.63. The van der Waals surface area contributed by atoms with E-state index in [0.717, 1.165) is 24.4 Å². The summed E-state index contributed by atoms with van der Waals surface area (Å²) < 4.78 is 0. The molecule has 106 valence electrons. The van der Waals surface area contributed by atoms with E-state index in [1.165, 1.54) is 11.3 Å². The summed E-state index contributed by atoms with van der Waals surface area (Å²) in [7, 11) is 0. The minimum absolute atomic E-state index is 0.125. The quantitative estimate of drug-likeness (QED) is 0.802. The lowest BCUT2D eigenvalue weighted by atomic mass is 10.3. The molecule has 2 aromatic heterocycles. The fourth-order valence-electron chi connectivity index (χ4n) is 1.63. The summed E-state index contributed by atoms with van der Waals surface area (Å²) in [4.78, 5) is 20.4. The minimum Gasteiger partial charge on any atom is -0.351 e. The average Bonchev–Trinajstić information content (AvgIpc) is 2.87. The summed E-state index contributed by atoms with van der Waals surface area (Å²) in [6.45, 7) is 4.71. The predicted octanol–water partition coefficient (Wildman–Crippen LogP) is 3.12. The first kappa shape index (κ1) is 14.5. The Kier molecular flexibility index (Phi) is 5.06. The van der Waals surface area contributed by atoms with E-state index < -0.39 is 0 Å². The second-order valence-electron chi connectivity index (χ2n) is 4.44. The van der Waals surface area contributed by atoms with E-state index in [1.807, 2.05) is 25.1 Å². The maximum absolute atomic E-state index is 11.8. The smallest absolute Gasteiger partial charge is 0.270 e. The Morgan fingerprint density at radius 2 is 2.20 bits per heavy atom. The number of amides is 1. The van der Waals surface area contributed by atoms with Crippen LogP contribution in [-0.2, 0) is 0 Å². The lowest BCUT2D eigenvalue weighted by Gasteiger charge is -2.02. The van der Waals surface area contributed by atoms with Crippen molar-refractivity contribution in [2.24, 2.45) is 0 Å². The molecule has 0 radical (unpaired) electrons.